The molecule has 54 heavy (non-hydrogen) atoms. The molecule has 3 heterocycles. The van der Waals surface area contributed by atoms with Crippen LogP contribution in [0, 0.1) is 17.8 Å². The second-order valence-electron chi connectivity index (χ2n) is 16.3. The lowest BCUT2D eigenvalue weighted by molar-refractivity contribution is -0.142. The first-order valence-electron chi connectivity index (χ1n) is 19.0. The molecule has 1 saturated heterocycles. The van der Waals surface area contributed by atoms with E-state index in [9.17, 15) is 27.6 Å². The van der Waals surface area contributed by atoms with Gasteiger partial charge in [0, 0.05) is 23.9 Å². The van der Waals surface area contributed by atoms with Crippen LogP contribution in [0.1, 0.15) is 86.5 Å². The molecule has 15 heteroatoms. The summed E-state index contributed by atoms with van der Waals surface area (Å²) >= 11 is 0. The molecule has 4 aliphatic rings. The van der Waals surface area contributed by atoms with Gasteiger partial charge in [-0.25, -0.2) is 18.2 Å². The highest BCUT2D eigenvalue weighted by atomic mass is 32.2. The molecular formula is C39H53N5O9S. The van der Waals surface area contributed by atoms with Crippen molar-refractivity contribution >= 4 is 44.6 Å². The molecule has 0 bridgehead atoms. The van der Waals surface area contributed by atoms with E-state index in [1.807, 2.05) is 50.3 Å². The van der Waals surface area contributed by atoms with Gasteiger partial charge in [0.1, 0.15) is 35.1 Å². The monoisotopic (exact) mass is 767 g/mol. The Balaban J connectivity index is 1.34. The number of allylic oxidation sites excluding steroid dienone is 1. The molecule has 2 aliphatic heterocycles. The van der Waals surface area contributed by atoms with E-state index < -0.39 is 74.3 Å². The van der Waals surface area contributed by atoms with Crippen LogP contribution in [0.2, 0.25) is 0 Å². The normalized spacial score (nSPS) is 29.2. The maximum absolute atomic E-state index is 14.7. The zero-order chi connectivity index (χ0) is 39.0. The van der Waals surface area contributed by atoms with Crippen LogP contribution in [0.3, 0.4) is 0 Å². The Morgan fingerprint density at radius 1 is 1.09 bits per heavy atom. The third-order valence-electron chi connectivity index (χ3n) is 10.6. The number of amides is 4. The van der Waals surface area contributed by atoms with Crippen LogP contribution in [-0.2, 0) is 29.1 Å². The number of benzene rings is 1. The standard InChI is InChI=1S/C39H53N5O9S/c1-7-51-27-12-15-30-25(19-27)16-17-40-34(30)52-28-20-31-33(45)42-39(36(47)43-54(49,50)29-13-14-29)21-26(39)11-9-8-10-23(2)18-24(3)32(35(46)44(31)22-28)41-37(48)53-38(4,5)6/h9,11-12,15-17,19,23-24,26,28-29,31-32H,7-8,10,13-14,18,20-22H2,1-6H3,(H,41,48)(H,42,45)(H,43,47). The second-order valence-corrected chi connectivity index (χ2v) is 18.3. The van der Waals surface area contributed by atoms with Crippen molar-refractivity contribution in [3.05, 3.63) is 42.6 Å². The summed E-state index contributed by atoms with van der Waals surface area (Å²) in [7, 11) is -3.90. The molecule has 7 atom stereocenters. The SMILES string of the molecule is CCOc1ccc2c(OC3CC4C(=O)NC5(C(=O)NS(=O)(=O)C6CC6)CC5C=CCCC(C)CC(C)C(NC(=O)OC(C)(C)C)C(=O)N4C3)nccc2c1. The van der Waals surface area contributed by atoms with E-state index >= 15 is 0 Å². The van der Waals surface area contributed by atoms with Crippen LogP contribution in [0.5, 0.6) is 11.6 Å². The Hall–Kier alpha value is -4.40. The second kappa shape index (κ2) is 15.4. The zero-order valence-corrected chi connectivity index (χ0v) is 32.7. The molecule has 294 valence electrons. The number of nitrogens with zero attached hydrogens (tertiary/aromatic N) is 2. The Labute approximate surface area is 317 Å². The van der Waals surface area contributed by atoms with E-state index in [1.165, 1.54) is 4.90 Å². The van der Waals surface area contributed by atoms with Crippen molar-refractivity contribution in [3.8, 4) is 11.6 Å². The highest BCUT2D eigenvalue weighted by Gasteiger charge is 2.62. The fourth-order valence-electron chi connectivity index (χ4n) is 7.57. The number of alkyl carbamates (subject to hydrolysis) is 1. The van der Waals surface area contributed by atoms with Gasteiger partial charge in [-0.3, -0.25) is 19.1 Å². The summed E-state index contributed by atoms with van der Waals surface area (Å²) in [6, 6.07) is 5.22. The average molecular weight is 768 g/mol. The van der Waals surface area contributed by atoms with E-state index in [1.54, 1.807) is 27.0 Å². The van der Waals surface area contributed by atoms with Gasteiger partial charge in [-0.05, 0) is 108 Å². The van der Waals surface area contributed by atoms with E-state index in [2.05, 4.69) is 27.3 Å². The Morgan fingerprint density at radius 3 is 2.56 bits per heavy atom. The number of nitrogens with one attached hydrogen (secondary N) is 3. The highest BCUT2D eigenvalue weighted by Crippen LogP contribution is 2.46. The first kappa shape index (κ1) is 39.3. The Kier molecular flexibility index (Phi) is 11.2. The van der Waals surface area contributed by atoms with Crippen LogP contribution >= 0.6 is 0 Å². The lowest BCUT2D eigenvalue weighted by Gasteiger charge is -2.33. The van der Waals surface area contributed by atoms with Crippen molar-refractivity contribution in [1.82, 2.24) is 25.2 Å². The molecular weight excluding hydrogens is 715 g/mol. The first-order valence-corrected chi connectivity index (χ1v) is 20.6. The molecule has 2 aliphatic carbocycles. The maximum atomic E-state index is 14.7. The van der Waals surface area contributed by atoms with Gasteiger partial charge >= 0.3 is 6.09 Å². The Bertz CT molecular complexity index is 1910. The Morgan fingerprint density at radius 2 is 1.85 bits per heavy atom. The number of hydrogen-bond acceptors (Lipinski definition) is 10. The summed E-state index contributed by atoms with van der Waals surface area (Å²) in [5, 5.41) is 6.62. The number of carbonyl (C=O) groups is 4. The van der Waals surface area contributed by atoms with Gasteiger partial charge in [-0.1, -0.05) is 26.0 Å². The topological polar surface area (TPSA) is 182 Å². The number of aromatic nitrogens is 1. The van der Waals surface area contributed by atoms with Gasteiger partial charge in [0.2, 0.25) is 27.7 Å². The number of ether oxygens (including phenoxy) is 3. The summed E-state index contributed by atoms with van der Waals surface area (Å²) in [4.78, 5) is 62.0. The fraction of sp³-hybridized carbons (Fsp3) is 0.615. The molecule has 6 rings (SSSR count). The van der Waals surface area contributed by atoms with Crippen LogP contribution in [0.15, 0.2) is 42.6 Å². The van der Waals surface area contributed by atoms with Gasteiger partial charge in [0.05, 0.1) is 18.4 Å². The quantitative estimate of drug-likeness (QED) is 0.327. The summed E-state index contributed by atoms with van der Waals surface area (Å²) in [6.45, 7) is 11.6. The number of rotatable bonds is 8. The average Bonchev–Trinajstić information content (AvgIpc) is 4.01. The first-order chi connectivity index (χ1) is 25.5. The fourth-order valence-corrected chi connectivity index (χ4v) is 8.93. The van der Waals surface area contributed by atoms with Crippen molar-refractivity contribution in [3.63, 3.8) is 0 Å². The van der Waals surface area contributed by atoms with Crippen molar-refractivity contribution in [2.45, 2.75) is 121 Å². The number of hydrogen-bond donors (Lipinski definition) is 3. The van der Waals surface area contributed by atoms with E-state index in [4.69, 9.17) is 14.2 Å². The lowest BCUT2D eigenvalue weighted by Crippen LogP contribution is -2.59. The lowest BCUT2D eigenvalue weighted by atomic mass is 9.88. The number of fused-ring (bicyclic) bond motifs is 3. The van der Waals surface area contributed by atoms with Crippen LogP contribution in [0.4, 0.5) is 4.79 Å². The molecule has 2 saturated carbocycles. The molecule has 1 aromatic carbocycles. The maximum Gasteiger partial charge on any atom is 0.408 e. The molecule has 4 amide bonds. The zero-order valence-electron chi connectivity index (χ0n) is 31.9. The number of sulfonamides is 1. The molecule has 3 N–H and O–H groups in total. The minimum absolute atomic E-state index is 0.0145. The molecule has 14 nitrogen and oxygen atoms in total. The predicted molar refractivity (Wildman–Crippen MR) is 201 cm³/mol. The predicted octanol–water partition coefficient (Wildman–Crippen LogP) is 4.37. The van der Waals surface area contributed by atoms with Crippen molar-refractivity contribution in [2.75, 3.05) is 13.2 Å². The largest absolute Gasteiger partial charge is 0.494 e. The van der Waals surface area contributed by atoms with Gasteiger partial charge in [-0.2, -0.15) is 0 Å². The summed E-state index contributed by atoms with van der Waals surface area (Å²) in [6.07, 6.45) is 7.25. The van der Waals surface area contributed by atoms with Gasteiger partial charge in [-0.15, -0.1) is 0 Å². The van der Waals surface area contributed by atoms with E-state index in [0.29, 0.717) is 49.3 Å². The molecule has 3 fully saturated rings. The summed E-state index contributed by atoms with van der Waals surface area (Å²) in [5.74, 6) is -1.51. The van der Waals surface area contributed by atoms with E-state index in [0.717, 1.165) is 11.8 Å². The van der Waals surface area contributed by atoms with Crippen molar-refractivity contribution < 1.29 is 41.8 Å². The molecule has 1 aromatic heterocycles. The van der Waals surface area contributed by atoms with Crippen LogP contribution in [0.25, 0.3) is 10.8 Å². The smallest absolute Gasteiger partial charge is 0.408 e. The van der Waals surface area contributed by atoms with Crippen molar-refractivity contribution in [2.24, 2.45) is 17.8 Å². The van der Waals surface area contributed by atoms with Crippen LogP contribution in [-0.4, -0.2) is 89.8 Å². The summed E-state index contributed by atoms with van der Waals surface area (Å²) in [5.41, 5.74) is -2.33. The number of pyridine rings is 1. The van der Waals surface area contributed by atoms with Crippen LogP contribution < -0.4 is 24.8 Å². The molecule has 0 spiro atoms. The minimum atomic E-state index is -3.90. The van der Waals surface area contributed by atoms with Gasteiger partial charge in [0.15, 0.2) is 0 Å². The minimum Gasteiger partial charge on any atom is -0.494 e. The summed E-state index contributed by atoms with van der Waals surface area (Å²) < 4.78 is 45.6. The highest BCUT2D eigenvalue weighted by molar-refractivity contribution is 7.91. The van der Waals surface area contributed by atoms with E-state index in [-0.39, 0.29) is 31.2 Å². The third-order valence-corrected chi connectivity index (χ3v) is 12.4. The van der Waals surface area contributed by atoms with Crippen molar-refractivity contribution in [1.29, 1.82) is 0 Å². The number of carbonyl (C=O) groups excluding carboxylic acids is 4. The molecule has 7 unspecified atom stereocenters. The van der Waals surface area contributed by atoms with Gasteiger partial charge in [0.25, 0.3) is 5.91 Å². The third kappa shape index (κ3) is 8.93. The molecule has 0 radical (unpaired) electrons. The molecule has 2 aromatic rings. The van der Waals surface area contributed by atoms with Gasteiger partial charge < -0.3 is 29.7 Å².